The molecule has 160 valence electrons. The average Bonchev–Trinajstić information content (AvgIpc) is 2.67. The molecule has 0 saturated heterocycles. The number of ether oxygens (including phenoxy) is 2. The molecule has 0 radical (unpaired) electrons. The summed E-state index contributed by atoms with van der Waals surface area (Å²) in [6, 6.07) is 7.02. The molecule has 1 atom stereocenters. The van der Waals surface area contributed by atoms with Gasteiger partial charge in [-0.1, -0.05) is 12.1 Å². The maximum absolute atomic E-state index is 12.8. The molecular weight excluding hydrogens is 431 g/mol. The Balaban J connectivity index is 2.22. The third-order valence-corrected chi connectivity index (χ3v) is 4.92. The molecule has 2 aromatic carbocycles. The largest absolute Gasteiger partial charge is 0.462 e. The van der Waals surface area contributed by atoms with Gasteiger partial charge in [0.05, 0.1) is 27.9 Å². The molecule has 2 rings (SSSR count). The van der Waals surface area contributed by atoms with Gasteiger partial charge in [-0.2, -0.15) is 13.2 Å². The lowest BCUT2D eigenvalue weighted by molar-refractivity contribution is -0.388. The van der Waals surface area contributed by atoms with Crippen LogP contribution < -0.4 is 4.74 Å². The van der Waals surface area contributed by atoms with Crippen LogP contribution in [0.2, 0.25) is 0 Å². The van der Waals surface area contributed by atoms with Crippen LogP contribution in [0, 0.1) is 10.1 Å². The second-order valence-corrected chi connectivity index (χ2v) is 7.04. The van der Waals surface area contributed by atoms with Crippen molar-refractivity contribution >= 4 is 28.4 Å². The van der Waals surface area contributed by atoms with Crippen molar-refractivity contribution in [1.82, 2.24) is 0 Å². The first-order chi connectivity index (χ1) is 14.0. The van der Waals surface area contributed by atoms with Crippen LogP contribution in [0.5, 0.6) is 5.75 Å². The highest BCUT2D eigenvalue weighted by Crippen LogP contribution is 2.34. The fourth-order valence-electron chi connectivity index (χ4n) is 2.30. The number of nitrogens with zero attached hydrogens (tertiary/aromatic N) is 1. The number of hydrogen-bond donors (Lipinski definition) is 0. The van der Waals surface area contributed by atoms with Crippen molar-refractivity contribution < 1.29 is 41.4 Å². The van der Waals surface area contributed by atoms with Crippen LogP contribution in [0.15, 0.2) is 47.4 Å². The Morgan fingerprint density at radius 2 is 1.83 bits per heavy atom. The fourth-order valence-corrected chi connectivity index (χ4v) is 3.31. The summed E-state index contributed by atoms with van der Waals surface area (Å²) in [6.45, 7) is 1.65. The second kappa shape index (κ2) is 9.48. The molecule has 0 aliphatic heterocycles. The number of halogens is 3. The molecule has 0 heterocycles. The highest BCUT2D eigenvalue weighted by atomic mass is 32.2. The zero-order chi connectivity index (χ0) is 22.5. The molecule has 0 fully saturated rings. The third-order valence-electron chi connectivity index (χ3n) is 3.58. The van der Waals surface area contributed by atoms with E-state index in [2.05, 4.69) is 0 Å². The predicted molar refractivity (Wildman–Crippen MR) is 97.4 cm³/mol. The van der Waals surface area contributed by atoms with Gasteiger partial charge in [-0.25, -0.2) is 4.79 Å². The molecular formula is C18H14F3NO7S. The van der Waals surface area contributed by atoms with Gasteiger partial charge in [0.1, 0.15) is 22.0 Å². The van der Waals surface area contributed by atoms with Crippen molar-refractivity contribution in [1.29, 1.82) is 0 Å². The fraction of sp³-hybridized carbons (Fsp3) is 0.222. The summed E-state index contributed by atoms with van der Waals surface area (Å²) >= 11 is 0. The summed E-state index contributed by atoms with van der Waals surface area (Å²) in [7, 11) is -2.37. The molecule has 0 aromatic heterocycles. The van der Waals surface area contributed by atoms with Gasteiger partial charge in [-0.05, 0) is 31.2 Å². The van der Waals surface area contributed by atoms with Crippen molar-refractivity contribution in [3.63, 3.8) is 0 Å². The Labute approximate surface area is 170 Å². The molecule has 30 heavy (non-hydrogen) atoms. The smallest absolute Gasteiger partial charge is 0.416 e. The minimum atomic E-state index is -4.83. The minimum Gasteiger partial charge on any atom is -0.462 e. The van der Waals surface area contributed by atoms with Gasteiger partial charge < -0.3 is 9.47 Å². The van der Waals surface area contributed by atoms with Crippen molar-refractivity contribution in [2.24, 2.45) is 0 Å². The Bertz CT molecular complexity index is 1010. The summed E-state index contributed by atoms with van der Waals surface area (Å²) in [4.78, 5) is 33.4. The first-order valence-electron chi connectivity index (χ1n) is 8.25. The molecule has 1 unspecified atom stereocenters. The molecule has 2 aromatic rings. The van der Waals surface area contributed by atoms with Crippen LogP contribution in [-0.4, -0.2) is 33.4 Å². The van der Waals surface area contributed by atoms with Crippen LogP contribution in [0.3, 0.4) is 0 Å². The van der Waals surface area contributed by atoms with Gasteiger partial charge in [0.15, 0.2) is 0 Å². The average molecular weight is 445 g/mol. The molecule has 0 spiro atoms. The van der Waals surface area contributed by atoms with Gasteiger partial charge in [0.2, 0.25) is 0 Å². The maximum atomic E-state index is 12.8. The third kappa shape index (κ3) is 5.63. The molecule has 0 aliphatic rings. The topological polar surface area (TPSA) is 113 Å². The lowest BCUT2D eigenvalue weighted by Crippen LogP contribution is -2.19. The van der Waals surface area contributed by atoms with Gasteiger partial charge in [0, 0.05) is 6.07 Å². The van der Waals surface area contributed by atoms with Gasteiger partial charge >= 0.3 is 18.1 Å². The number of alkyl halides is 3. The van der Waals surface area contributed by atoms with Crippen LogP contribution in [0.4, 0.5) is 18.9 Å². The lowest BCUT2D eigenvalue weighted by Gasteiger charge is -2.10. The van der Waals surface area contributed by atoms with Crippen LogP contribution >= 0.6 is 0 Å². The molecule has 8 nitrogen and oxygen atoms in total. The van der Waals surface area contributed by atoms with Gasteiger partial charge in [-0.3, -0.25) is 19.1 Å². The van der Waals surface area contributed by atoms with E-state index in [0.717, 1.165) is 0 Å². The molecule has 0 amide bonds. The Morgan fingerprint density at radius 3 is 2.43 bits per heavy atom. The van der Waals surface area contributed by atoms with Crippen molar-refractivity contribution in [2.75, 3.05) is 12.4 Å². The lowest BCUT2D eigenvalue weighted by atomic mass is 10.2. The number of hydrogen-bond acceptors (Lipinski definition) is 7. The number of nitro groups is 1. The summed E-state index contributed by atoms with van der Waals surface area (Å²) in [5.41, 5.74) is -2.40. The van der Waals surface area contributed by atoms with Crippen LogP contribution in [0.1, 0.15) is 22.8 Å². The maximum Gasteiger partial charge on any atom is 0.416 e. The molecule has 12 heteroatoms. The highest BCUT2D eigenvalue weighted by Gasteiger charge is 2.34. The number of carbonyl (C=O) groups excluding carboxylic acids is 2. The molecule has 0 saturated carbocycles. The number of carbonyl (C=O) groups is 2. The van der Waals surface area contributed by atoms with Crippen molar-refractivity contribution in [3.8, 4) is 5.75 Å². The van der Waals surface area contributed by atoms with E-state index in [0.29, 0.717) is 12.1 Å². The Kier molecular flexibility index (Phi) is 7.27. The van der Waals surface area contributed by atoms with Crippen molar-refractivity contribution in [2.45, 2.75) is 18.0 Å². The quantitative estimate of drug-likeness (QED) is 0.277. The SMILES string of the molecule is CCOC(=O)c1ccccc1OC(=O)CS(=O)c1ccc(C(F)(F)F)cc1[N+](=O)[O-]. The van der Waals surface area contributed by atoms with E-state index < -0.39 is 55.7 Å². The van der Waals surface area contributed by atoms with E-state index in [1.165, 1.54) is 24.3 Å². The van der Waals surface area contributed by atoms with E-state index in [-0.39, 0.29) is 24.0 Å². The molecule has 0 bridgehead atoms. The van der Waals surface area contributed by atoms with Gasteiger partial charge in [-0.15, -0.1) is 0 Å². The molecule has 0 aliphatic carbocycles. The summed E-state index contributed by atoms with van der Waals surface area (Å²) < 4.78 is 60.5. The summed E-state index contributed by atoms with van der Waals surface area (Å²) in [6.07, 6.45) is -4.83. The van der Waals surface area contributed by atoms with E-state index >= 15 is 0 Å². The first kappa shape index (κ1) is 23.0. The summed E-state index contributed by atoms with van der Waals surface area (Å²) in [5, 5.41) is 11.1. The number of para-hydroxylation sites is 1. The predicted octanol–water partition coefficient (Wildman–Crippen LogP) is 3.50. The Hall–Kier alpha value is -3.28. The van der Waals surface area contributed by atoms with E-state index in [9.17, 15) is 37.1 Å². The monoisotopic (exact) mass is 445 g/mol. The first-order valence-corrected chi connectivity index (χ1v) is 9.57. The highest BCUT2D eigenvalue weighted by molar-refractivity contribution is 7.85. The standard InChI is InChI=1S/C18H14F3NO7S/c1-2-28-17(24)12-5-3-4-6-14(12)29-16(23)10-30(27)15-8-7-11(18(19,20)21)9-13(15)22(25)26/h3-9H,2,10H2,1H3. The Morgan fingerprint density at radius 1 is 1.17 bits per heavy atom. The van der Waals surface area contributed by atoms with E-state index in [1.807, 2.05) is 0 Å². The zero-order valence-corrected chi connectivity index (χ0v) is 16.1. The number of benzene rings is 2. The van der Waals surface area contributed by atoms with Gasteiger partial charge in [0.25, 0.3) is 5.69 Å². The summed E-state index contributed by atoms with van der Waals surface area (Å²) in [5.74, 6) is -2.94. The number of rotatable bonds is 7. The second-order valence-electron chi connectivity index (χ2n) is 5.62. The van der Waals surface area contributed by atoms with E-state index in [1.54, 1.807) is 6.92 Å². The zero-order valence-electron chi connectivity index (χ0n) is 15.3. The van der Waals surface area contributed by atoms with E-state index in [4.69, 9.17) is 9.47 Å². The minimum absolute atomic E-state index is 0.0704. The van der Waals surface area contributed by atoms with Crippen LogP contribution in [-0.2, 0) is 26.5 Å². The number of esters is 2. The number of nitro benzene ring substituents is 1. The molecule has 0 N–H and O–H groups in total. The normalized spacial score (nSPS) is 12.1. The van der Waals surface area contributed by atoms with Crippen molar-refractivity contribution in [3.05, 3.63) is 63.7 Å². The van der Waals surface area contributed by atoms with Crippen LogP contribution in [0.25, 0.3) is 0 Å².